The molecule has 0 aromatic heterocycles. The zero-order valence-corrected chi connectivity index (χ0v) is 22.8. The molecule has 11 atom stereocenters. The molecule has 0 unspecified atom stereocenters. The van der Waals surface area contributed by atoms with Gasteiger partial charge in [-0.3, -0.25) is 19.2 Å². The second-order valence-electron chi connectivity index (χ2n) is 10.8. The maximum Gasteiger partial charge on any atom is 0.312 e. The second-order valence-corrected chi connectivity index (χ2v) is 11.3. The third-order valence-electron chi connectivity index (χ3n) is 8.56. The van der Waals surface area contributed by atoms with Crippen LogP contribution >= 0.6 is 11.6 Å². The van der Waals surface area contributed by atoms with Crippen LogP contribution in [0.3, 0.4) is 0 Å². The Kier molecular flexibility index (Phi) is 8.37. The van der Waals surface area contributed by atoms with Gasteiger partial charge in [-0.2, -0.15) is 0 Å². The Morgan fingerprint density at radius 3 is 2.14 bits per heavy atom. The van der Waals surface area contributed by atoms with E-state index in [1.54, 1.807) is 13.8 Å². The third kappa shape index (κ3) is 5.00. The Labute approximate surface area is 221 Å². The first-order valence-electron chi connectivity index (χ1n) is 12.5. The van der Waals surface area contributed by atoms with E-state index in [4.69, 9.17) is 30.5 Å². The topological polar surface area (TPSA) is 146 Å². The van der Waals surface area contributed by atoms with Crippen molar-refractivity contribution >= 4 is 35.5 Å². The van der Waals surface area contributed by atoms with Gasteiger partial charge >= 0.3 is 23.9 Å². The summed E-state index contributed by atoms with van der Waals surface area (Å²) in [5.41, 5.74) is -3.00. The number of alkyl halides is 1. The summed E-state index contributed by atoms with van der Waals surface area (Å²) in [6.07, 6.45) is -5.27. The summed E-state index contributed by atoms with van der Waals surface area (Å²) in [4.78, 5) is 49.8. The summed E-state index contributed by atoms with van der Waals surface area (Å²) < 4.78 is 22.9. The number of aliphatic hydroxyl groups excluding tert-OH is 1. The molecule has 2 saturated carbocycles. The van der Waals surface area contributed by atoms with Gasteiger partial charge in [-0.05, 0) is 25.7 Å². The lowest BCUT2D eigenvalue weighted by Gasteiger charge is -2.58. The lowest BCUT2D eigenvalue weighted by Crippen LogP contribution is -2.69. The average molecular weight is 545 g/mol. The first-order chi connectivity index (χ1) is 17.1. The van der Waals surface area contributed by atoms with Gasteiger partial charge < -0.3 is 29.2 Å². The first-order valence-corrected chi connectivity index (χ1v) is 12.9. The fourth-order valence-corrected chi connectivity index (χ4v) is 6.93. The van der Waals surface area contributed by atoms with E-state index in [0.29, 0.717) is 5.57 Å². The molecule has 0 spiro atoms. The van der Waals surface area contributed by atoms with E-state index >= 15 is 0 Å². The van der Waals surface area contributed by atoms with Crippen LogP contribution in [-0.2, 0) is 38.1 Å². The molecule has 3 aliphatic rings. The lowest BCUT2D eigenvalue weighted by molar-refractivity contribution is -0.253. The van der Waals surface area contributed by atoms with Gasteiger partial charge in [0.25, 0.3) is 0 Å². The number of halogens is 1. The molecule has 2 N–H and O–H groups in total. The van der Waals surface area contributed by atoms with Crippen LogP contribution in [0.15, 0.2) is 12.2 Å². The SMILES string of the molecule is C=C1CC[C@H](OC(C)=O)[C@]2(C)[C@H]([C@@H](C)[C@H](O)C[C@@H]2OC(C)=O)[C@H](OC(C)=O)[C@]2(O)[C@@H](C)C(=O)O[C@H]2[C@H]1Cl. The fraction of sp³-hybridized carbons (Fsp3) is 0.769. The van der Waals surface area contributed by atoms with E-state index in [-0.39, 0.29) is 19.3 Å². The molecule has 10 nitrogen and oxygen atoms in total. The van der Waals surface area contributed by atoms with Crippen molar-refractivity contribution in [2.24, 2.45) is 23.2 Å². The molecule has 208 valence electrons. The number of carbonyl (C=O) groups is 4. The number of rotatable bonds is 3. The number of ether oxygens (including phenoxy) is 4. The van der Waals surface area contributed by atoms with Crippen molar-refractivity contribution in [1.82, 2.24) is 0 Å². The number of hydrogen-bond donors (Lipinski definition) is 2. The van der Waals surface area contributed by atoms with Crippen LogP contribution in [-0.4, -0.2) is 75.6 Å². The van der Waals surface area contributed by atoms with E-state index < -0.39 is 88.5 Å². The monoisotopic (exact) mass is 544 g/mol. The van der Waals surface area contributed by atoms with Gasteiger partial charge in [0.2, 0.25) is 0 Å². The number of aliphatic hydroxyl groups is 2. The molecule has 2 aliphatic carbocycles. The van der Waals surface area contributed by atoms with Gasteiger partial charge in [-0.1, -0.05) is 26.0 Å². The van der Waals surface area contributed by atoms with Crippen molar-refractivity contribution < 1.29 is 48.3 Å². The highest BCUT2D eigenvalue weighted by Crippen LogP contribution is 2.57. The van der Waals surface area contributed by atoms with Crippen molar-refractivity contribution in [3.63, 3.8) is 0 Å². The molecule has 0 radical (unpaired) electrons. The van der Waals surface area contributed by atoms with Crippen LogP contribution in [0.5, 0.6) is 0 Å². The largest absolute Gasteiger partial charge is 0.462 e. The molecule has 0 bridgehead atoms. The molecule has 1 saturated heterocycles. The molecule has 0 amide bonds. The van der Waals surface area contributed by atoms with Gasteiger partial charge in [0.1, 0.15) is 18.3 Å². The number of esters is 4. The molecule has 3 fully saturated rings. The van der Waals surface area contributed by atoms with Gasteiger partial charge in [-0.15, -0.1) is 11.6 Å². The molecule has 11 heteroatoms. The van der Waals surface area contributed by atoms with E-state index in [1.165, 1.54) is 20.8 Å². The second kappa shape index (κ2) is 10.5. The molecular formula is C26H37ClO10. The highest BCUT2D eigenvalue weighted by molar-refractivity contribution is 6.23. The Balaban J connectivity index is 2.37. The minimum absolute atomic E-state index is 0.0181. The highest BCUT2D eigenvalue weighted by Gasteiger charge is 2.70. The van der Waals surface area contributed by atoms with E-state index in [0.717, 1.165) is 6.92 Å². The highest BCUT2D eigenvalue weighted by atomic mass is 35.5. The van der Waals surface area contributed by atoms with Crippen LogP contribution in [0, 0.1) is 23.2 Å². The maximum absolute atomic E-state index is 12.8. The quantitative estimate of drug-likeness (QED) is 0.234. The van der Waals surface area contributed by atoms with Gasteiger partial charge in [0.05, 0.1) is 17.4 Å². The number of hydrogen-bond acceptors (Lipinski definition) is 10. The standard InChI is InChI=1S/C26H37ClO10/c1-11-8-9-18(34-14(4)28)25(7)19(35-15(5)29)10-17(31)12(2)20(25)22(36-16(6)30)26(33)13(3)24(32)37-23(26)21(11)27/h12-13,17-23,31,33H,1,8-10H2,2-7H3/t12-,13-,17+,18-,19-,20+,21-,22-,23-,25-,26+/m0/s1. The summed E-state index contributed by atoms with van der Waals surface area (Å²) >= 11 is 6.72. The third-order valence-corrected chi connectivity index (χ3v) is 9.09. The van der Waals surface area contributed by atoms with Gasteiger partial charge in [0.15, 0.2) is 11.7 Å². The van der Waals surface area contributed by atoms with Crippen LogP contribution < -0.4 is 0 Å². The first kappa shape index (κ1) is 29.4. The molecule has 3 rings (SSSR count). The van der Waals surface area contributed by atoms with Crippen molar-refractivity contribution in [2.45, 2.75) is 102 Å². The zero-order chi connectivity index (χ0) is 28.0. The van der Waals surface area contributed by atoms with Crippen molar-refractivity contribution in [3.05, 3.63) is 12.2 Å². The smallest absolute Gasteiger partial charge is 0.312 e. The summed E-state index contributed by atoms with van der Waals surface area (Å²) in [5, 5.41) is 22.4. The van der Waals surface area contributed by atoms with Crippen molar-refractivity contribution in [3.8, 4) is 0 Å². The number of fused-ring (bicyclic) bond motifs is 2. The maximum atomic E-state index is 12.8. The molecule has 1 aliphatic heterocycles. The zero-order valence-electron chi connectivity index (χ0n) is 22.1. The van der Waals surface area contributed by atoms with E-state index in [2.05, 4.69) is 6.58 Å². The summed E-state index contributed by atoms with van der Waals surface area (Å²) in [5.74, 6) is -5.51. The Morgan fingerprint density at radius 1 is 1.05 bits per heavy atom. The van der Waals surface area contributed by atoms with Gasteiger partial charge in [-0.25, -0.2) is 0 Å². The fourth-order valence-electron chi connectivity index (χ4n) is 6.57. The summed E-state index contributed by atoms with van der Waals surface area (Å²) in [6, 6.07) is 0. The predicted octanol–water partition coefficient (Wildman–Crippen LogP) is 2.05. The number of carbonyl (C=O) groups excluding carboxylic acids is 4. The van der Waals surface area contributed by atoms with Crippen molar-refractivity contribution in [2.75, 3.05) is 0 Å². The predicted molar refractivity (Wildman–Crippen MR) is 130 cm³/mol. The minimum atomic E-state index is -2.14. The van der Waals surface area contributed by atoms with E-state index in [9.17, 15) is 29.4 Å². The molecule has 0 aromatic carbocycles. The Bertz CT molecular complexity index is 967. The average Bonchev–Trinajstić information content (AvgIpc) is 3.02. The molecular weight excluding hydrogens is 508 g/mol. The minimum Gasteiger partial charge on any atom is -0.462 e. The molecule has 1 heterocycles. The lowest BCUT2D eigenvalue weighted by atomic mass is 9.52. The molecule has 37 heavy (non-hydrogen) atoms. The van der Waals surface area contributed by atoms with Crippen LogP contribution in [0.1, 0.15) is 60.8 Å². The normalized spacial score (nSPS) is 44.1. The summed E-state index contributed by atoms with van der Waals surface area (Å²) in [6.45, 7) is 12.5. The van der Waals surface area contributed by atoms with Crippen molar-refractivity contribution in [1.29, 1.82) is 0 Å². The van der Waals surface area contributed by atoms with Crippen LogP contribution in [0.25, 0.3) is 0 Å². The van der Waals surface area contributed by atoms with E-state index in [1.807, 2.05) is 0 Å². The van der Waals surface area contributed by atoms with Crippen LogP contribution in [0.2, 0.25) is 0 Å². The van der Waals surface area contributed by atoms with Crippen LogP contribution in [0.4, 0.5) is 0 Å². The van der Waals surface area contributed by atoms with Gasteiger partial charge in [0, 0.05) is 38.5 Å². The summed E-state index contributed by atoms with van der Waals surface area (Å²) in [7, 11) is 0. The Hall–Kier alpha value is -2.17. The molecule has 0 aromatic rings. The Morgan fingerprint density at radius 2 is 1.59 bits per heavy atom.